The molecule has 0 radical (unpaired) electrons. The highest BCUT2D eigenvalue weighted by atomic mass is 16.5. The third-order valence-electron chi connectivity index (χ3n) is 4.09. The SMILES string of the molecule is CCC1=CN2C(=O)c3ccc(OC)c(O)c3NC(O)C2C1. The summed E-state index contributed by atoms with van der Waals surface area (Å²) in [6.45, 7) is 2.02. The van der Waals surface area contributed by atoms with Crippen molar-refractivity contribution >= 4 is 11.6 Å². The minimum absolute atomic E-state index is 0.164. The standard InChI is InChI=1S/C15H18N2O4/c1-3-8-6-10-14(19)16-12-9(15(20)17(10)7-8)4-5-11(21-2)13(12)18/h4-5,7,10,14,16,18-19H,3,6H2,1-2H3. The van der Waals surface area contributed by atoms with Gasteiger partial charge in [0.1, 0.15) is 6.23 Å². The van der Waals surface area contributed by atoms with Crippen molar-refractivity contribution in [2.24, 2.45) is 0 Å². The van der Waals surface area contributed by atoms with Gasteiger partial charge in [-0.15, -0.1) is 0 Å². The zero-order valence-electron chi connectivity index (χ0n) is 12.0. The van der Waals surface area contributed by atoms with E-state index in [1.54, 1.807) is 23.2 Å². The number of methoxy groups -OCH3 is 1. The molecule has 0 aromatic heterocycles. The van der Waals surface area contributed by atoms with Gasteiger partial charge in [-0.3, -0.25) is 4.79 Å². The number of anilines is 1. The molecule has 21 heavy (non-hydrogen) atoms. The summed E-state index contributed by atoms with van der Waals surface area (Å²) >= 11 is 0. The highest BCUT2D eigenvalue weighted by Crippen LogP contribution is 2.41. The Balaban J connectivity index is 2.10. The van der Waals surface area contributed by atoms with Crippen LogP contribution in [0.15, 0.2) is 23.9 Å². The van der Waals surface area contributed by atoms with E-state index in [9.17, 15) is 15.0 Å². The zero-order valence-corrected chi connectivity index (χ0v) is 12.0. The van der Waals surface area contributed by atoms with Crippen molar-refractivity contribution in [1.82, 2.24) is 4.90 Å². The Morgan fingerprint density at radius 1 is 1.48 bits per heavy atom. The van der Waals surface area contributed by atoms with Gasteiger partial charge in [0.15, 0.2) is 11.5 Å². The summed E-state index contributed by atoms with van der Waals surface area (Å²) in [6, 6.07) is 2.78. The molecule has 0 spiro atoms. The fourth-order valence-electron chi connectivity index (χ4n) is 2.86. The molecule has 0 fully saturated rings. The summed E-state index contributed by atoms with van der Waals surface area (Å²) in [5.41, 5.74) is 1.66. The molecule has 112 valence electrons. The minimum Gasteiger partial charge on any atom is -0.503 e. The van der Waals surface area contributed by atoms with Gasteiger partial charge in [-0.2, -0.15) is 0 Å². The molecule has 6 heteroatoms. The number of rotatable bonds is 2. The van der Waals surface area contributed by atoms with Crippen molar-refractivity contribution in [3.8, 4) is 11.5 Å². The molecular formula is C15H18N2O4. The third kappa shape index (κ3) is 2.03. The predicted octanol–water partition coefficient (Wildman–Crippen LogP) is 1.65. The molecule has 0 saturated heterocycles. The number of aromatic hydroxyl groups is 1. The summed E-state index contributed by atoms with van der Waals surface area (Å²) in [6.07, 6.45) is 2.32. The maximum absolute atomic E-state index is 12.7. The molecule has 0 aliphatic carbocycles. The number of carbonyl (C=O) groups is 1. The second-order valence-electron chi connectivity index (χ2n) is 5.25. The van der Waals surface area contributed by atoms with Crippen molar-refractivity contribution in [2.45, 2.75) is 32.0 Å². The highest BCUT2D eigenvalue weighted by molar-refractivity contribution is 6.03. The van der Waals surface area contributed by atoms with E-state index >= 15 is 0 Å². The van der Waals surface area contributed by atoms with Crippen LogP contribution in [0.25, 0.3) is 0 Å². The van der Waals surface area contributed by atoms with E-state index in [-0.39, 0.29) is 29.1 Å². The van der Waals surface area contributed by atoms with Gasteiger partial charge in [0.05, 0.1) is 24.4 Å². The Labute approximate surface area is 122 Å². The van der Waals surface area contributed by atoms with Gasteiger partial charge in [0.25, 0.3) is 5.91 Å². The normalized spacial score (nSPS) is 23.9. The molecule has 0 bridgehead atoms. The van der Waals surface area contributed by atoms with E-state index in [0.717, 1.165) is 12.0 Å². The smallest absolute Gasteiger partial charge is 0.260 e. The number of hydrogen-bond donors (Lipinski definition) is 3. The van der Waals surface area contributed by atoms with Gasteiger partial charge in [0.2, 0.25) is 0 Å². The first kappa shape index (κ1) is 13.8. The number of amides is 1. The van der Waals surface area contributed by atoms with Crippen molar-refractivity contribution < 1.29 is 19.7 Å². The maximum Gasteiger partial charge on any atom is 0.260 e. The van der Waals surface area contributed by atoms with Crippen LogP contribution >= 0.6 is 0 Å². The molecule has 0 saturated carbocycles. The summed E-state index contributed by atoms with van der Waals surface area (Å²) in [5.74, 6) is -0.142. The molecule has 2 aliphatic rings. The fourth-order valence-corrected chi connectivity index (χ4v) is 2.86. The first-order chi connectivity index (χ1) is 10.1. The number of phenolic OH excluding ortho intramolecular Hbond substituents is 1. The average molecular weight is 290 g/mol. The molecule has 2 atom stereocenters. The van der Waals surface area contributed by atoms with Gasteiger partial charge in [0, 0.05) is 6.20 Å². The first-order valence-electron chi connectivity index (χ1n) is 6.93. The van der Waals surface area contributed by atoms with Crippen LogP contribution in [0.2, 0.25) is 0 Å². The lowest BCUT2D eigenvalue weighted by atomic mass is 10.1. The number of hydrogen-bond acceptors (Lipinski definition) is 5. The lowest BCUT2D eigenvalue weighted by molar-refractivity contribution is 0.0643. The van der Waals surface area contributed by atoms with Crippen LogP contribution in [0.3, 0.4) is 0 Å². The molecule has 1 aromatic carbocycles. The van der Waals surface area contributed by atoms with E-state index in [4.69, 9.17) is 4.74 Å². The Hall–Kier alpha value is -2.21. The zero-order chi connectivity index (χ0) is 15.1. The molecular weight excluding hydrogens is 272 g/mol. The highest BCUT2D eigenvalue weighted by Gasteiger charge is 2.39. The van der Waals surface area contributed by atoms with E-state index in [0.29, 0.717) is 12.0 Å². The second-order valence-corrected chi connectivity index (χ2v) is 5.25. The van der Waals surface area contributed by atoms with Crippen LogP contribution in [-0.2, 0) is 0 Å². The summed E-state index contributed by atoms with van der Waals surface area (Å²) < 4.78 is 5.04. The van der Waals surface area contributed by atoms with Gasteiger partial charge in [-0.05, 0) is 25.0 Å². The van der Waals surface area contributed by atoms with Crippen LogP contribution in [-0.4, -0.2) is 40.4 Å². The van der Waals surface area contributed by atoms with Crippen LogP contribution in [0, 0.1) is 0 Å². The molecule has 3 N–H and O–H groups in total. The number of nitrogens with zero attached hydrogens (tertiary/aromatic N) is 1. The largest absolute Gasteiger partial charge is 0.503 e. The topological polar surface area (TPSA) is 82.0 Å². The Bertz CT molecular complexity index is 626. The Morgan fingerprint density at radius 2 is 2.24 bits per heavy atom. The number of benzene rings is 1. The molecule has 1 amide bonds. The van der Waals surface area contributed by atoms with E-state index in [2.05, 4.69) is 5.32 Å². The van der Waals surface area contributed by atoms with Crippen LogP contribution in [0.1, 0.15) is 30.1 Å². The van der Waals surface area contributed by atoms with Crippen LogP contribution in [0.4, 0.5) is 5.69 Å². The average Bonchev–Trinajstić information content (AvgIpc) is 2.89. The number of fused-ring (bicyclic) bond motifs is 2. The van der Waals surface area contributed by atoms with Crippen molar-refractivity contribution in [1.29, 1.82) is 0 Å². The number of nitrogens with one attached hydrogen (secondary N) is 1. The predicted molar refractivity (Wildman–Crippen MR) is 77.2 cm³/mol. The Kier molecular flexibility index (Phi) is 3.25. The van der Waals surface area contributed by atoms with Crippen molar-refractivity contribution in [3.63, 3.8) is 0 Å². The molecule has 6 nitrogen and oxygen atoms in total. The van der Waals surface area contributed by atoms with E-state index in [1.807, 2.05) is 6.92 Å². The van der Waals surface area contributed by atoms with Gasteiger partial charge in [-0.1, -0.05) is 12.5 Å². The number of carbonyl (C=O) groups excluding carboxylic acids is 1. The quantitative estimate of drug-likeness (QED) is 0.722. The number of phenols is 1. The summed E-state index contributed by atoms with van der Waals surface area (Å²) in [4.78, 5) is 14.2. The van der Waals surface area contributed by atoms with Gasteiger partial charge < -0.3 is 25.2 Å². The molecule has 3 rings (SSSR count). The van der Waals surface area contributed by atoms with Crippen LogP contribution < -0.4 is 10.1 Å². The first-order valence-corrected chi connectivity index (χ1v) is 6.93. The molecule has 2 unspecified atom stereocenters. The summed E-state index contributed by atoms with van der Waals surface area (Å²) in [5, 5.41) is 23.3. The number of aliphatic hydroxyl groups is 1. The third-order valence-corrected chi connectivity index (χ3v) is 4.09. The maximum atomic E-state index is 12.7. The van der Waals surface area contributed by atoms with E-state index in [1.165, 1.54) is 7.11 Å². The lowest BCUT2D eigenvalue weighted by Gasteiger charge is -2.24. The minimum atomic E-state index is -0.950. The molecule has 1 aromatic rings. The second kappa shape index (κ2) is 4.96. The summed E-state index contributed by atoms with van der Waals surface area (Å²) in [7, 11) is 1.44. The lowest BCUT2D eigenvalue weighted by Crippen LogP contribution is -2.42. The number of ether oxygens (including phenoxy) is 1. The van der Waals surface area contributed by atoms with E-state index < -0.39 is 6.23 Å². The Morgan fingerprint density at radius 3 is 2.90 bits per heavy atom. The fraction of sp³-hybridized carbons (Fsp3) is 0.400. The van der Waals surface area contributed by atoms with Crippen molar-refractivity contribution in [3.05, 3.63) is 29.5 Å². The van der Waals surface area contributed by atoms with Gasteiger partial charge in [-0.25, -0.2) is 0 Å². The molecule has 2 aliphatic heterocycles. The van der Waals surface area contributed by atoms with Crippen molar-refractivity contribution in [2.75, 3.05) is 12.4 Å². The monoisotopic (exact) mass is 290 g/mol. The molecule has 2 heterocycles. The number of aliphatic hydroxyl groups excluding tert-OH is 1. The van der Waals surface area contributed by atoms with Crippen LogP contribution in [0.5, 0.6) is 11.5 Å². The van der Waals surface area contributed by atoms with Gasteiger partial charge >= 0.3 is 0 Å².